The summed E-state index contributed by atoms with van der Waals surface area (Å²) in [5.41, 5.74) is 0.966. The van der Waals surface area contributed by atoms with Crippen molar-refractivity contribution in [2.24, 2.45) is 11.8 Å². The Morgan fingerprint density at radius 1 is 1.33 bits per heavy atom. The summed E-state index contributed by atoms with van der Waals surface area (Å²) in [6.07, 6.45) is 1.53. The fourth-order valence-corrected chi connectivity index (χ4v) is 3.78. The molecule has 0 radical (unpaired) electrons. The van der Waals surface area contributed by atoms with Crippen LogP contribution in [0.15, 0.2) is 29.2 Å². The number of hydrogen-bond donors (Lipinski definition) is 1. The summed E-state index contributed by atoms with van der Waals surface area (Å²) in [4.78, 5) is 11.2. The molecule has 1 aromatic rings. The van der Waals surface area contributed by atoms with Crippen molar-refractivity contribution in [1.29, 1.82) is 0 Å². The Morgan fingerprint density at radius 2 is 2.00 bits per heavy atom. The lowest BCUT2D eigenvalue weighted by molar-refractivity contribution is -0.138. The van der Waals surface area contributed by atoms with Crippen LogP contribution < -0.4 is 0 Å². The lowest BCUT2D eigenvalue weighted by Crippen LogP contribution is -2.14. The second-order valence-electron chi connectivity index (χ2n) is 6.24. The molecule has 2 rings (SSSR count). The van der Waals surface area contributed by atoms with Crippen LogP contribution in [0.3, 0.4) is 0 Å². The van der Waals surface area contributed by atoms with E-state index in [1.54, 1.807) is 32.0 Å². The van der Waals surface area contributed by atoms with Crippen molar-refractivity contribution in [3.63, 3.8) is 0 Å². The first-order valence-corrected chi connectivity index (χ1v) is 8.84. The molecule has 0 heterocycles. The van der Waals surface area contributed by atoms with Crippen LogP contribution in [0.2, 0.25) is 0 Å². The molecule has 21 heavy (non-hydrogen) atoms. The molecule has 5 heteroatoms. The molecule has 1 fully saturated rings. The monoisotopic (exact) mass is 310 g/mol. The highest BCUT2D eigenvalue weighted by Crippen LogP contribution is 2.45. The van der Waals surface area contributed by atoms with Crippen molar-refractivity contribution in [3.05, 3.63) is 29.8 Å². The first-order valence-electron chi connectivity index (χ1n) is 7.30. The molecule has 0 aliphatic heterocycles. The summed E-state index contributed by atoms with van der Waals surface area (Å²) in [7, 11) is -3.26. The third-order valence-corrected chi connectivity index (χ3v) is 6.42. The van der Waals surface area contributed by atoms with Crippen LogP contribution in [-0.2, 0) is 14.6 Å². The Hall–Kier alpha value is -1.36. The van der Waals surface area contributed by atoms with Crippen LogP contribution in [0, 0.1) is 11.8 Å². The van der Waals surface area contributed by atoms with Crippen LogP contribution in [0.1, 0.15) is 45.1 Å². The lowest BCUT2D eigenvalue weighted by Gasteiger charge is -2.14. The number of carboxylic acids is 1. The van der Waals surface area contributed by atoms with Crippen molar-refractivity contribution < 1.29 is 18.3 Å². The van der Waals surface area contributed by atoms with Crippen LogP contribution in [-0.4, -0.2) is 24.7 Å². The average Bonchev–Trinajstić information content (AvgIpc) is 3.18. The minimum Gasteiger partial charge on any atom is -0.481 e. The van der Waals surface area contributed by atoms with E-state index in [9.17, 15) is 13.2 Å². The molecule has 1 aromatic carbocycles. The molecular weight excluding hydrogens is 288 g/mol. The average molecular weight is 310 g/mol. The van der Waals surface area contributed by atoms with Crippen molar-refractivity contribution in [3.8, 4) is 0 Å². The van der Waals surface area contributed by atoms with Gasteiger partial charge in [-0.05, 0) is 56.2 Å². The van der Waals surface area contributed by atoms with Crippen molar-refractivity contribution in [2.75, 3.05) is 0 Å². The second-order valence-corrected chi connectivity index (χ2v) is 8.75. The smallest absolute Gasteiger partial charge is 0.306 e. The second kappa shape index (κ2) is 5.79. The largest absolute Gasteiger partial charge is 0.481 e. The zero-order valence-corrected chi connectivity index (χ0v) is 13.4. The summed E-state index contributed by atoms with van der Waals surface area (Å²) in [6.45, 7) is 5.37. The molecule has 0 bridgehead atoms. The van der Waals surface area contributed by atoms with Crippen molar-refractivity contribution in [1.82, 2.24) is 0 Å². The van der Waals surface area contributed by atoms with E-state index >= 15 is 0 Å². The quantitative estimate of drug-likeness (QED) is 0.876. The van der Waals surface area contributed by atoms with Gasteiger partial charge in [-0.1, -0.05) is 19.1 Å². The van der Waals surface area contributed by atoms with Gasteiger partial charge in [-0.2, -0.15) is 0 Å². The SMILES string of the molecule is CC(CC1CC1C(=O)O)c1cccc(S(=O)(=O)C(C)C)c1. The topological polar surface area (TPSA) is 71.4 Å². The van der Waals surface area contributed by atoms with E-state index in [-0.39, 0.29) is 17.8 Å². The highest BCUT2D eigenvalue weighted by molar-refractivity contribution is 7.92. The molecule has 1 aliphatic carbocycles. The van der Waals surface area contributed by atoms with Gasteiger partial charge in [0.25, 0.3) is 0 Å². The van der Waals surface area contributed by atoms with Gasteiger partial charge in [0.15, 0.2) is 9.84 Å². The standard InChI is InChI=1S/C16H22O4S/c1-10(2)21(19,20)14-6-4-5-12(8-14)11(3)7-13-9-15(13)16(17)18/h4-6,8,10-11,13,15H,7,9H2,1-3H3,(H,17,18). The Labute approximate surface area is 126 Å². The van der Waals surface area contributed by atoms with Gasteiger partial charge < -0.3 is 5.11 Å². The number of carbonyl (C=O) groups is 1. The number of rotatable bonds is 6. The highest BCUT2D eigenvalue weighted by Gasteiger charge is 2.43. The molecule has 116 valence electrons. The van der Waals surface area contributed by atoms with Gasteiger partial charge in [0.1, 0.15) is 0 Å². The van der Waals surface area contributed by atoms with E-state index in [1.807, 2.05) is 13.0 Å². The number of aliphatic carboxylic acids is 1. The molecule has 3 atom stereocenters. The number of carboxylic acid groups (broad SMARTS) is 1. The Bertz CT molecular complexity index is 633. The maximum atomic E-state index is 12.2. The summed E-state index contributed by atoms with van der Waals surface area (Å²) >= 11 is 0. The van der Waals surface area contributed by atoms with E-state index < -0.39 is 21.1 Å². The van der Waals surface area contributed by atoms with Crippen molar-refractivity contribution >= 4 is 15.8 Å². The maximum Gasteiger partial charge on any atom is 0.306 e. The Kier molecular flexibility index (Phi) is 4.42. The molecule has 1 aliphatic rings. The summed E-state index contributed by atoms with van der Waals surface area (Å²) in [6, 6.07) is 7.05. The minimum absolute atomic E-state index is 0.168. The predicted molar refractivity (Wildman–Crippen MR) is 81.0 cm³/mol. The molecular formula is C16H22O4S. The van der Waals surface area contributed by atoms with Gasteiger partial charge in [0, 0.05) is 0 Å². The zero-order valence-electron chi connectivity index (χ0n) is 12.6. The Morgan fingerprint density at radius 3 is 2.52 bits per heavy atom. The number of hydrogen-bond acceptors (Lipinski definition) is 3. The van der Waals surface area contributed by atoms with Crippen LogP contribution >= 0.6 is 0 Å². The molecule has 0 aromatic heterocycles. The van der Waals surface area contributed by atoms with Gasteiger partial charge in [-0.3, -0.25) is 4.79 Å². The lowest BCUT2D eigenvalue weighted by atomic mass is 9.95. The van der Waals surface area contributed by atoms with Gasteiger partial charge in [-0.15, -0.1) is 0 Å². The van der Waals surface area contributed by atoms with E-state index in [0.29, 0.717) is 4.90 Å². The predicted octanol–water partition coefficient (Wildman–Crippen LogP) is 3.08. The number of benzene rings is 1. The van der Waals surface area contributed by atoms with E-state index in [4.69, 9.17) is 5.11 Å². The summed E-state index contributed by atoms with van der Waals surface area (Å²) in [5, 5.41) is 8.50. The van der Waals surface area contributed by atoms with Gasteiger partial charge in [0.2, 0.25) is 0 Å². The van der Waals surface area contributed by atoms with Gasteiger partial charge in [0.05, 0.1) is 16.1 Å². The van der Waals surface area contributed by atoms with E-state index in [1.165, 1.54) is 0 Å². The zero-order chi connectivity index (χ0) is 15.8. The molecule has 0 spiro atoms. The fourth-order valence-electron chi connectivity index (χ4n) is 2.67. The van der Waals surface area contributed by atoms with Crippen molar-refractivity contribution in [2.45, 2.75) is 49.7 Å². The third-order valence-electron chi connectivity index (χ3n) is 4.27. The molecule has 1 saturated carbocycles. The minimum atomic E-state index is -3.26. The molecule has 0 amide bonds. The summed E-state index contributed by atoms with van der Waals surface area (Å²) in [5.74, 6) is -0.539. The van der Waals surface area contributed by atoms with E-state index in [2.05, 4.69) is 0 Å². The first kappa shape index (κ1) is 16.0. The Balaban J connectivity index is 2.13. The fraction of sp³-hybridized carbons (Fsp3) is 0.562. The number of sulfone groups is 1. The molecule has 3 unspecified atom stereocenters. The van der Waals surface area contributed by atoms with Crippen LogP contribution in [0.5, 0.6) is 0 Å². The maximum absolute atomic E-state index is 12.2. The summed E-state index contributed by atoms with van der Waals surface area (Å²) < 4.78 is 24.4. The molecule has 0 saturated heterocycles. The van der Waals surface area contributed by atoms with E-state index in [0.717, 1.165) is 18.4 Å². The van der Waals surface area contributed by atoms with Gasteiger partial charge >= 0.3 is 5.97 Å². The van der Waals surface area contributed by atoms with Crippen LogP contribution in [0.25, 0.3) is 0 Å². The molecule has 4 nitrogen and oxygen atoms in total. The normalized spacial score (nSPS) is 23.0. The van der Waals surface area contributed by atoms with Gasteiger partial charge in [-0.25, -0.2) is 8.42 Å². The van der Waals surface area contributed by atoms with Crippen LogP contribution in [0.4, 0.5) is 0 Å². The molecule has 1 N–H and O–H groups in total. The highest BCUT2D eigenvalue weighted by atomic mass is 32.2. The third kappa shape index (κ3) is 3.46. The first-order chi connectivity index (χ1) is 9.73.